The first-order chi connectivity index (χ1) is 10.6. The van der Waals surface area contributed by atoms with Gasteiger partial charge in [-0.1, -0.05) is 13.8 Å². The molecule has 2 heterocycles. The van der Waals surface area contributed by atoms with Gasteiger partial charge in [0.25, 0.3) is 0 Å². The lowest BCUT2D eigenvalue weighted by molar-refractivity contribution is -0.132. The molecule has 0 bridgehead atoms. The highest BCUT2D eigenvalue weighted by molar-refractivity contribution is 5.78. The molecule has 1 unspecified atom stereocenters. The highest BCUT2D eigenvalue weighted by Crippen LogP contribution is 2.12. The molecular weight excluding hydrogens is 280 g/mol. The molecule has 6 heteroatoms. The number of piperidine rings is 1. The molecule has 2 amide bonds. The van der Waals surface area contributed by atoms with Crippen molar-refractivity contribution in [3.8, 4) is 0 Å². The molecular formula is C16H30N4O2. The fraction of sp³-hybridized carbons (Fsp3) is 0.875. The normalized spacial score (nSPS) is 23.6. The Kier molecular flexibility index (Phi) is 6.64. The van der Waals surface area contributed by atoms with Crippen LogP contribution in [0, 0.1) is 5.92 Å². The highest BCUT2D eigenvalue weighted by atomic mass is 16.2. The van der Waals surface area contributed by atoms with E-state index in [0.29, 0.717) is 6.42 Å². The average Bonchev–Trinajstić information content (AvgIpc) is 2.53. The van der Waals surface area contributed by atoms with Crippen LogP contribution in [0.1, 0.15) is 33.1 Å². The smallest absolute Gasteiger partial charge is 0.223 e. The number of amides is 2. The maximum absolute atomic E-state index is 12.2. The van der Waals surface area contributed by atoms with Crippen molar-refractivity contribution in [1.82, 2.24) is 20.4 Å². The minimum absolute atomic E-state index is 0.0321. The van der Waals surface area contributed by atoms with E-state index in [-0.39, 0.29) is 23.8 Å². The van der Waals surface area contributed by atoms with E-state index >= 15 is 0 Å². The fourth-order valence-corrected chi connectivity index (χ4v) is 3.07. The Balaban J connectivity index is 1.71. The number of carbonyl (C=O) groups is 2. The van der Waals surface area contributed by atoms with E-state index in [1.165, 1.54) is 0 Å². The number of carbonyl (C=O) groups excluding carboxylic acids is 2. The lowest BCUT2D eigenvalue weighted by Crippen LogP contribution is -2.50. The summed E-state index contributed by atoms with van der Waals surface area (Å²) in [5.74, 6) is 0.420. The minimum Gasteiger partial charge on any atom is -0.352 e. The first-order valence-corrected chi connectivity index (χ1v) is 8.57. The van der Waals surface area contributed by atoms with Crippen LogP contribution in [0.3, 0.4) is 0 Å². The molecule has 0 aromatic rings. The summed E-state index contributed by atoms with van der Waals surface area (Å²) in [7, 11) is 0. The van der Waals surface area contributed by atoms with Crippen LogP contribution in [0.2, 0.25) is 0 Å². The van der Waals surface area contributed by atoms with Gasteiger partial charge < -0.3 is 20.4 Å². The zero-order valence-corrected chi connectivity index (χ0v) is 13.9. The second-order valence-electron chi connectivity index (χ2n) is 6.68. The van der Waals surface area contributed by atoms with Crippen LogP contribution in [-0.2, 0) is 9.59 Å². The van der Waals surface area contributed by atoms with Crippen LogP contribution in [0.4, 0.5) is 0 Å². The van der Waals surface area contributed by atoms with E-state index in [4.69, 9.17) is 0 Å². The predicted octanol–water partition coefficient (Wildman–Crippen LogP) is 0.0449. The zero-order valence-electron chi connectivity index (χ0n) is 13.9. The van der Waals surface area contributed by atoms with Gasteiger partial charge in [0, 0.05) is 57.6 Å². The Bertz CT molecular complexity index is 380. The van der Waals surface area contributed by atoms with Crippen LogP contribution in [0.5, 0.6) is 0 Å². The van der Waals surface area contributed by atoms with Gasteiger partial charge in [0.2, 0.25) is 11.8 Å². The van der Waals surface area contributed by atoms with Crippen molar-refractivity contribution in [3.63, 3.8) is 0 Å². The lowest BCUT2D eigenvalue weighted by Gasteiger charge is -2.34. The van der Waals surface area contributed by atoms with Crippen LogP contribution >= 0.6 is 0 Å². The third-order valence-electron chi connectivity index (χ3n) is 4.49. The molecule has 0 saturated carbocycles. The second-order valence-corrected chi connectivity index (χ2v) is 6.68. The largest absolute Gasteiger partial charge is 0.352 e. The molecule has 2 N–H and O–H groups in total. The topological polar surface area (TPSA) is 64.7 Å². The fourth-order valence-electron chi connectivity index (χ4n) is 3.07. The Morgan fingerprint density at radius 3 is 2.64 bits per heavy atom. The monoisotopic (exact) mass is 310 g/mol. The van der Waals surface area contributed by atoms with Crippen molar-refractivity contribution in [3.05, 3.63) is 0 Å². The van der Waals surface area contributed by atoms with Crippen molar-refractivity contribution in [1.29, 1.82) is 0 Å². The molecule has 2 aliphatic heterocycles. The number of nitrogens with one attached hydrogen (secondary N) is 2. The summed E-state index contributed by atoms with van der Waals surface area (Å²) in [6.07, 6.45) is 2.72. The Labute approximate surface area is 133 Å². The van der Waals surface area contributed by atoms with Gasteiger partial charge in [-0.3, -0.25) is 9.59 Å². The molecule has 22 heavy (non-hydrogen) atoms. The SMILES string of the molecule is CC(C)C(=O)NC1CCCN(CCC(=O)N2CCNCC2)C1. The van der Waals surface area contributed by atoms with Crippen molar-refractivity contribution in [2.24, 2.45) is 5.92 Å². The van der Waals surface area contributed by atoms with Gasteiger partial charge in [0.05, 0.1) is 0 Å². The van der Waals surface area contributed by atoms with Gasteiger partial charge in [-0.2, -0.15) is 0 Å². The van der Waals surface area contributed by atoms with Gasteiger partial charge in [-0.05, 0) is 19.4 Å². The number of hydrogen-bond donors (Lipinski definition) is 2. The van der Waals surface area contributed by atoms with E-state index in [0.717, 1.165) is 58.7 Å². The molecule has 126 valence electrons. The second kappa shape index (κ2) is 8.48. The Morgan fingerprint density at radius 2 is 1.95 bits per heavy atom. The van der Waals surface area contributed by atoms with Crippen LogP contribution in [0.25, 0.3) is 0 Å². The third kappa shape index (κ3) is 5.25. The van der Waals surface area contributed by atoms with E-state index in [1.807, 2.05) is 18.7 Å². The quantitative estimate of drug-likeness (QED) is 0.753. The van der Waals surface area contributed by atoms with Gasteiger partial charge in [0.1, 0.15) is 0 Å². The summed E-state index contributed by atoms with van der Waals surface area (Å²) in [6, 6.07) is 0.234. The predicted molar refractivity (Wildman–Crippen MR) is 86.5 cm³/mol. The molecule has 0 radical (unpaired) electrons. The van der Waals surface area contributed by atoms with Crippen molar-refractivity contribution < 1.29 is 9.59 Å². The number of hydrogen-bond acceptors (Lipinski definition) is 4. The average molecular weight is 310 g/mol. The zero-order chi connectivity index (χ0) is 15.9. The van der Waals surface area contributed by atoms with E-state index in [1.54, 1.807) is 0 Å². The molecule has 0 aromatic carbocycles. The maximum atomic E-state index is 12.2. The molecule has 1 atom stereocenters. The number of piperazine rings is 1. The molecule has 2 saturated heterocycles. The van der Waals surface area contributed by atoms with Crippen LogP contribution < -0.4 is 10.6 Å². The Morgan fingerprint density at radius 1 is 1.23 bits per heavy atom. The first kappa shape index (κ1) is 17.2. The van der Waals surface area contributed by atoms with Gasteiger partial charge in [-0.25, -0.2) is 0 Å². The van der Waals surface area contributed by atoms with Crippen LogP contribution in [-0.4, -0.2) is 73.5 Å². The summed E-state index contributed by atoms with van der Waals surface area (Å²) in [6.45, 7) is 9.99. The van der Waals surface area contributed by atoms with E-state index in [2.05, 4.69) is 15.5 Å². The lowest BCUT2D eigenvalue weighted by atomic mass is 10.0. The van der Waals surface area contributed by atoms with Crippen LogP contribution in [0.15, 0.2) is 0 Å². The number of likely N-dealkylation sites (tertiary alicyclic amines) is 1. The third-order valence-corrected chi connectivity index (χ3v) is 4.49. The standard InChI is InChI=1S/C16H30N4O2/c1-13(2)16(22)18-14-4-3-8-19(12-14)9-5-15(21)20-10-6-17-7-11-20/h13-14,17H,3-12H2,1-2H3,(H,18,22). The molecule has 2 fully saturated rings. The minimum atomic E-state index is 0.0321. The van der Waals surface area contributed by atoms with Gasteiger partial charge >= 0.3 is 0 Å². The summed E-state index contributed by atoms with van der Waals surface area (Å²) < 4.78 is 0. The first-order valence-electron chi connectivity index (χ1n) is 8.57. The van der Waals surface area contributed by atoms with Gasteiger partial charge in [0.15, 0.2) is 0 Å². The summed E-state index contributed by atoms with van der Waals surface area (Å²) in [5, 5.41) is 6.38. The number of rotatable bonds is 5. The highest BCUT2D eigenvalue weighted by Gasteiger charge is 2.23. The van der Waals surface area contributed by atoms with E-state index < -0.39 is 0 Å². The molecule has 2 rings (SSSR count). The summed E-state index contributed by atoms with van der Waals surface area (Å²) in [4.78, 5) is 28.3. The number of nitrogens with zero attached hydrogens (tertiary/aromatic N) is 2. The maximum Gasteiger partial charge on any atom is 0.223 e. The summed E-state index contributed by atoms with van der Waals surface area (Å²) >= 11 is 0. The van der Waals surface area contributed by atoms with Crippen molar-refractivity contribution in [2.45, 2.75) is 39.2 Å². The van der Waals surface area contributed by atoms with Gasteiger partial charge in [-0.15, -0.1) is 0 Å². The molecule has 6 nitrogen and oxygen atoms in total. The molecule has 0 aromatic heterocycles. The molecule has 0 spiro atoms. The van der Waals surface area contributed by atoms with E-state index in [9.17, 15) is 9.59 Å². The summed E-state index contributed by atoms with van der Waals surface area (Å²) in [5.41, 5.74) is 0. The Hall–Kier alpha value is -1.14. The molecule has 0 aliphatic carbocycles. The van der Waals surface area contributed by atoms with Crippen molar-refractivity contribution in [2.75, 3.05) is 45.8 Å². The van der Waals surface area contributed by atoms with Crippen molar-refractivity contribution >= 4 is 11.8 Å². The molecule has 2 aliphatic rings.